The second-order valence-electron chi connectivity index (χ2n) is 6.70. The van der Waals surface area contributed by atoms with E-state index in [4.69, 9.17) is 27.9 Å². The molecule has 2 aromatic rings. The molecule has 0 amide bonds. The molecule has 2 aromatic carbocycles. The van der Waals surface area contributed by atoms with Crippen LogP contribution >= 0.6 is 27.9 Å². The van der Waals surface area contributed by atoms with Gasteiger partial charge in [0.05, 0.1) is 0 Å². The van der Waals surface area contributed by atoms with Crippen molar-refractivity contribution in [3.63, 3.8) is 0 Å². The van der Waals surface area contributed by atoms with Crippen molar-refractivity contribution in [1.29, 1.82) is 0 Å². The molecule has 0 heterocycles. The van der Waals surface area contributed by atoms with Crippen molar-refractivity contribution in [1.82, 2.24) is 0 Å². The summed E-state index contributed by atoms with van der Waals surface area (Å²) in [4.78, 5) is 0. The molecular weight excluding hydrogens is 559 g/mol. The van der Waals surface area contributed by atoms with Crippen molar-refractivity contribution in [2.75, 3.05) is 0 Å². The summed E-state index contributed by atoms with van der Waals surface area (Å²) < 4.78 is 138. The van der Waals surface area contributed by atoms with Crippen LogP contribution in [0.15, 0.2) is 0 Å². The summed E-state index contributed by atoms with van der Waals surface area (Å²) in [6, 6.07) is 0. The maximum absolute atomic E-state index is 14.3. The summed E-state index contributed by atoms with van der Waals surface area (Å²) in [5.41, 5.74) is -3.24. The average molecular weight is 568 g/mol. The van der Waals surface area contributed by atoms with Gasteiger partial charge in [0.15, 0.2) is 58.2 Å². The summed E-state index contributed by atoms with van der Waals surface area (Å²) in [5, 5.41) is 0. The number of halogens is 13. The van der Waals surface area contributed by atoms with Gasteiger partial charge in [-0.15, -0.1) is 0 Å². The first-order valence-electron chi connectivity index (χ1n) is 8.68. The van der Waals surface area contributed by atoms with E-state index in [2.05, 4.69) is 0 Å². The second kappa shape index (κ2) is 11.2. The zero-order valence-electron chi connectivity index (χ0n) is 15.4. The van der Waals surface area contributed by atoms with Gasteiger partial charge >= 0.3 is 42.6 Å². The second-order valence-corrected chi connectivity index (χ2v) is 14.4. The Morgan fingerprint density at radius 3 is 0.969 bits per heavy atom. The van der Waals surface area contributed by atoms with Crippen molar-refractivity contribution >= 4 is 45.6 Å². The summed E-state index contributed by atoms with van der Waals surface area (Å²) >= 11 is -1.92. The van der Waals surface area contributed by atoms with Crippen LogP contribution in [0.5, 0.6) is 0 Å². The minimum atomic E-state index is -2.50. The van der Waals surface area contributed by atoms with Gasteiger partial charge in [0.2, 0.25) is 6.71 Å². The van der Waals surface area contributed by atoms with Crippen LogP contribution in [0.2, 0.25) is 5.82 Å². The molecule has 32 heavy (non-hydrogen) atoms. The topological polar surface area (TPSA) is 0 Å². The van der Waals surface area contributed by atoms with Gasteiger partial charge in [0.1, 0.15) is 0 Å². The Bertz CT molecular complexity index is 887. The molecule has 15 heteroatoms. The van der Waals surface area contributed by atoms with Gasteiger partial charge < -0.3 is 0 Å². The van der Waals surface area contributed by atoms with Crippen LogP contribution in [0.25, 0.3) is 0 Å². The SMILES string of the molecule is Fc1c(F)c(F)c(B(c2c(F)c(F)c(F)c(F)c2F)C2CCCC2)c(F)c1F.[Cl][Ti]([Cl])[Cl]. The Labute approximate surface area is 193 Å². The fourth-order valence-corrected chi connectivity index (χ4v) is 3.70. The molecule has 0 bridgehead atoms. The minimum absolute atomic E-state index is 0.0314. The molecule has 0 radical (unpaired) electrons. The van der Waals surface area contributed by atoms with Crippen LogP contribution in [0.4, 0.5) is 43.9 Å². The first-order chi connectivity index (χ1) is 14.8. The van der Waals surface area contributed by atoms with E-state index in [1.54, 1.807) is 0 Å². The molecular formula is C17H9BCl3F10Ti. The van der Waals surface area contributed by atoms with E-state index in [1.807, 2.05) is 0 Å². The van der Waals surface area contributed by atoms with Crippen molar-refractivity contribution in [2.45, 2.75) is 31.5 Å². The Hall–Kier alpha value is -0.611. The van der Waals surface area contributed by atoms with Crippen molar-refractivity contribution in [3.05, 3.63) is 58.2 Å². The Morgan fingerprint density at radius 1 is 0.500 bits per heavy atom. The Balaban J connectivity index is 0.000000837. The number of benzene rings is 2. The molecule has 0 aromatic heterocycles. The molecule has 1 fully saturated rings. The first-order valence-corrected chi connectivity index (χ1v) is 15.1. The Kier molecular flexibility index (Phi) is 9.68. The van der Waals surface area contributed by atoms with E-state index >= 15 is 0 Å². The van der Waals surface area contributed by atoms with Gasteiger partial charge in [-0.2, -0.15) is 0 Å². The van der Waals surface area contributed by atoms with Crippen LogP contribution in [-0.4, -0.2) is 6.71 Å². The molecule has 1 aliphatic carbocycles. The third-order valence-corrected chi connectivity index (χ3v) is 4.98. The first kappa shape index (κ1) is 27.6. The molecule has 0 saturated heterocycles. The van der Waals surface area contributed by atoms with Crippen molar-refractivity contribution in [3.8, 4) is 0 Å². The third kappa shape index (κ3) is 5.37. The zero-order valence-corrected chi connectivity index (χ0v) is 19.2. The fraction of sp³-hybridized carbons (Fsp3) is 0.294. The molecule has 0 atom stereocenters. The van der Waals surface area contributed by atoms with Gasteiger partial charge in [0, 0.05) is 10.9 Å². The third-order valence-electron chi connectivity index (χ3n) is 4.98. The van der Waals surface area contributed by atoms with Gasteiger partial charge in [-0.05, 0) is 0 Å². The molecule has 0 aliphatic heterocycles. The fourth-order valence-electron chi connectivity index (χ4n) is 3.70. The van der Waals surface area contributed by atoms with Crippen LogP contribution in [0.3, 0.4) is 0 Å². The predicted molar refractivity (Wildman–Crippen MR) is 97.3 cm³/mol. The van der Waals surface area contributed by atoms with Gasteiger partial charge in [-0.1, -0.05) is 31.5 Å². The molecule has 0 unspecified atom stereocenters. The molecule has 3 rings (SSSR count). The van der Waals surface area contributed by atoms with E-state index in [1.165, 1.54) is 0 Å². The maximum atomic E-state index is 14.3. The average Bonchev–Trinajstić information content (AvgIpc) is 3.26. The molecule has 0 N–H and O–H groups in total. The summed E-state index contributed by atoms with van der Waals surface area (Å²) in [5.74, 6) is -25.1. The van der Waals surface area contributed by atoms with Crippen molar-refractivity contribution < 1.29 is 58.6 Å². The molecule has 175 valence electrons. The van der Waals surface area contributed by atoms with E-state index in [9.17, 15) is 43.9 Å². The van der Waals surface area contributed by atoms with E-state index in [0.717, 1.165) is 0 Å². The van der Waals surface area contributed by atoms with Crippen LogP contribution < -0.4 is 10.9 Å². The normalized spacial score (nSPS) is 13.8. The Morgan fingerprint density at radius 2 is 0.719 bits per heavy atom. The summed E-state index contributed by atoms with van der Waals surface area (Å²) in [6.07, 6.45) is 0.825. The van der Waals surface area contributed by atoms with Gasteiger partial charge in [-0.25, -0.2) is 43.9 Å². The number of hydrogen-bond donors (Lipinski definition) is 0. The molecule has 1 saturated carbocycles. The predicted octanol–water partition coefficient (Wildman–Crippen LogP) is 6.70. The number of hydrogen-bond acceptors (Lipinski definition) is 0. The van der Waals surface area contributed by atoms with E-state index in [0.29, 0.717) is 12.8 Å². The van der Waals surface area contributed by atoms with Crippen LogP contribution in [-0.2, 0) is 14.7 Å². The molecule has 1 aliphatic rings. The molecule has 0 nitrogen and oxygen atoms in total. The quantitative estimate of drug-likeness (QED) is 0.168. The number of rotatable bonds is 3. The van der Waals surface area contributed by atoms with Crippen molar-refractivity contribution in [2.24, 2.45) is 0 Å². The summed E-state index contributed by atoms with van der Waals surface area (Å²) in [6.45, 7) is -2.25. The zero-order chi connectivity index (χ0) is 24.5. The van der Waals surface area contributed by atoms with Gasteiger partial charge in [-0.3, -0.25) is 0 Å². The van der Waals surface area contributed by atoms with E-state index in [-0.39, 0.29) is 12.8 Å². The standard InChI is InChI=1S/C17H9BF10.3ClH.Ti/c19-8-6(9(20)13(24)16(27)12(8)23)18(5-3-1-2-4-5)7-10(21)14(25)17(28)15(26)11(7)22;;;;/h5H,1-4H2;3*1H;/q;;;;+3/p-3. The van der Waals surface area contributed by atoms with Crippen LogP contribution in [0.1, 0.15) is 25.7 Å². The van der Waals surface area contributed by atoms with Crippen LogP contribution in [0, 0.1) is 58.2 Å². The van der Waals surface area contributed by atoms with Gasteiger partial charge in [0.25, 0.3) is 0 Å². The molecule has 0 spiro atoms. The summed E-state index contributed by atoms with van der Waals surface area (Å²) in [7, 11) is 14.9. The monoisotopic (exact) mass is 567 g/mol. The van der Waals surface area contributed by atoms with E-state index < -0.39 is 96.3 Å².